The first-order chi connectivity index (χ1) is 17.6. The van der Waals surface area contributed by atoms with Crippen LogP contribution < -0.4 is 10.1 Å². The number of nitrogens with zero attached hydrogens (tertiary/aromatic N) is 3. The largest absolute Gasteiger partial charge is 0.322 e. The van der Waals surface area contributed by atoms with E-state index in [9.17, 15) is 33.4 Å². The molecule has 1 amide bonds. The van der Waals surface area contributed by atoms with Gasteiger partial charge in [-0.3, -0.25) is 25.0 Å². The van der Waals surface area contributed by atoms with Crippen LogP contribution in [0.25, 0.3) is 10.8 Å². The summed E-state index contributed by atoms with van der Waals surface area (Å²) in [6, 6.07) is 20.8. The summed E-state index contributed by atoms with van der Waals surface area (Å²) in [5, 5.41) is 30.0. The van der Waals surface area contributed by atoms with Gasteiger partial charge >= 0.3 is 0 Å². The Balaban J connectivity index is 1.43. The highest BCUT2D eigenvalue weighted by Gasteiger charge is 2.20. The van der Waals surface area contributed by atoms with Crippen molar-refractivity contribution in [1.82, 2.24) is 4.83 Å². The Morgan fingerprint density at radius 1 is 0.811 bits per heavy atom. The maximum atomic E-state index is 12.6. The summed E-state index contributed by atoms with van der Waals surface area (Å²) in [6.45, 7) is 0. The van der Waals surface area contributed by atoms with Crippen molar-refractivity contribution < 1.29 is 23.1 Å². The molecular formula is C24H17N5O7S. The molecule has 12 nitrogen and oxygen atoms in total. The van der Waals surface area contributed by atoms with Crippen LogP contribution in [-0.4, -0.2) is 30.4 Å². The zero-order chi connectivity index (χ0) is 26.6. The summed E-state index contributed by atoms with van der Waals surface area (Å²) in [7, 11) is -3.90. The number of hydrazone groups is 1. The summed E-state index contributed by atoms with van der Waals surface area (Å²) < 4.78 is 25.1. The molecule has 0 saturated carbocycles. The quantitative estimate of drug-likeness (QED) is 0.199. The van der Waals surface area contributed by atoms with Crippen molar-refractivity contribution in [3.8, 4) is 0 Å². The monoisotopic (exact) mass is 519 g/mol. The number of nitrogens with one attached hydrogen (secondary N) is 2. The third-order valence-electron chi connectivity index (χ3n) is 5.17. The zero-order valence-corrected chi connectivity index (χ0v) is 19.6. The number of hydrogen-bond donors (Lipinski definition) is 2. The van der Waals surface area contributed by atoms with Crippen molar-refractivity contribution in [1.29, 1.82) is 0 Å². The first-order valence-corrected chi connectivity index (χ1v) is 12.0. The molecule has 0 aliphatic carbocycles. The van der Waals surface area contributed by atoms with Crippen LogP contribution in [0.5, 0.6) is 0 Å². The van der Waals surface area contributed by atoms with Gasteiger partial charge in [0.2, 0.25) is 0 Å². The highest BCUT2D eigenvalue weighted by Crippen LogP contribution is 2.24. The molecule has 37 heavy (non-hydrogen) atoms. The lowest BCUT2D eigenvalue weighted by Gasteiger charge is -2.06. The van der Waals surface area contributed by atoms with Gasteiger partial charge in [-0.05, 0) is 40.6 Å². The van der Waals surface area contributed by atoms with Gasteiger partial charge in [0.1, 0.15) is 0 Å². The summed E-state index contributed by atoms with van der Waals surface area (Å²) in [6.07, 6.45) is 1.27. The van der Waals surface area contributed by atoms with E-state index in [2.05, 4.69) is 15.2 Å². The van der Waals surface area contributed by atoms with Gasteiger partial charge in [0.05, 0.1) is 32.6 Å². The normalized spacial score (nSPS) is 11.4. The molecule has 186 valence electrons. The van der Waals surface area contributed by atoms with Crippen molar-refractivity contribution in [2.24, 2.45) is 5.10 Å². The van der Waals surface area contributed by atoms with Crippen LogP contribution in [0.1, 0.15) is 15.9 Å². The minimum absolute atomic E-state index is 0.0581. The number of nitro benzene ring substituents is 2. The van der Waals surface area contributed by atoms with Crippen molar-refractivity contribution in [3.63, 3.8) is 0 Å². The van der Waals surface area contributed by atoms with Crippen molar-refractivity contribution >= 4 is 50.0 Å². The number of anilines is 1. The van der Waals surface area contributed by atoms with Gasteiger partial charge in [-0.25, -0.2) is 4.83 Å². The summed E-state index contributed by atoms with van der Waals surface area (Å²) in [5.41, 5.74) is -0.623. The lowest BCUT2D eigenvalue weighted by Crippen LogP contribution is -2.18. The fraction of sp³-hybridized carbons (Fsp3) is 0. The molecule has 4 aromatic carbocycles. The van der Waals surface area contributed by atoms with Crippen LogP contribution in [0.3, 0.4) is 0 Å². The lowest BCUT2D eigenvalue weighted by atomic mass is 10.1. The molecule has 0 spiro atoms. The minimum atomic E-state index is -3.90. The van der Waals surface area contributed by atoms with Crippen LogP contribution in [0.4, 0.5) is 17.1 Å². The number of hydrogen-bond acceptors (Lipinski definition) is 8. The maximum Gasteiger partial charge on any atom is 0.277 e. The van der Waals surface area contributed by atoms with Crippen molar-refractivity contribution in [2.45, 2.75) is 4.90 Å². The summed E-state index contributed by atoms with van der Waals surface area (Å²) in [5.74, 6) is -0.781. The van der Waals surface area contributed by atoms with Crippen LogP contribution >= 0.6 is 0 Å². The number of non-ortho nitro benzene ring substituents is 2. The van der Waals surface area contributed by atoms with Gasteiger partial charge in [0.15, 0.2) is 0 Å². The molecule has 0 radical (unpaired) electrons. The van der Waals surface area contributed by atoms with Gasteiger partial charge in [0, 0.05) is 17.8 Å². The van der Waals surface area contributed by atoms with Gasteiger partial charge < -0.3 is 5.32 Å². The third-order valence-corrected chi connectivity index (χ3v) is 6.39. The fourth-order valence-electron chi connectivity index (χ4n) is 3.35. The second-order valence-corrected chi connectivity index (χ2v) is 9.35. The van der Waals surface area contributed by atoms with E-state index < -0.39 is 37.2 Å². The average molecular weight is 519 g/mol. The highest BCUT2D eigenvalue weighted by molar-refractivity contribution is 7.89. The van der Waals surface area contributed by atoms with Crippen molar-refractivity contribution in [3.05, 3.63) is 116 Å². The Hall–Kier alpha value is -5.17. The van der Waals surface area contributed by atoms with E-state index in [4.69, 9.17) is 0 Å². The molecule has 0 saturated heterocycles. The standard InChI is InChI=1S/C24H17N5O7S/c30-24(19-11-21(28(31)32)14-22(12-19)29(33)34)26-20-8-5-16(6-9-20)15-25-27-37(35,36)23-10-7-17-3-1-2-4-18(17)13-23/h1-15,27H,(H,26,30). The molecule has 2 N–H and O–H groups in total. The first-order valence-electron chi connectivity index (χ1n) is 10.5. The predicted octanol–water partition coefficient (Wildman–Crippen LogP) is 4.22. The van der Waals surface area contributed by atoms with Crippen LogP contribution in [-0.2, 0) is 10.0 Å². The highest BCUT2D eigenvalue weighted by atomic mass is 32.2. The van der Waals surface area contributed by atoms with Crippen LogP contribution in [0, 0.1) is 20.2 Å². The zero-order valence-electron chi connectivity index (χ0n) is 18.8. The summed E-state index contributed by atoms with van der Waals surface area (Å²) >= 11 is 0. The topological polar surface area (TPSA) is 174 Å². The number of carbonyl (C=O) groups excluding carboxylic acids is 1. The molecule has 0 bridgehead atoms. The molecule has 0 aliphatic heterocycles. The van der Waals surface area contributed by atoms with Crippen LogP contribution in [0.15, 0.2) is 94.9 Å². The lowest BCUT2D eigenvalue weighted by molar-refractivity contribution is -0.394. The molecule has 0 aromatic heterocycles. The SMILES string of the molecule is O=C(Nc1ccc(C=NNS(=O)(=O)c2ccc3ccccc3c2)cc1)c1cc([N+](=O)[O-])cc([N+](=O)[O-])c1. The number of rotatable bonds is 8. The first kappa shape index (κ1) is 24.9. The van der Waals surface area contributed by atoms with Gasteiger partial charge in [-0.15, -0.1) is 0 Å². The molecule has 0 unspecified atom stereocenters. The average Bonchev–Trinajstić information content (AvgIpc) is 2.89. The Bertz CT molecular complexity index is 1640. The predicted molar refractivity (Wildman–Crippen MR) is 136 cm³/mol. The Morgan fingerprint density at radius 3 is 2.05 bits per heavy atom. The Morgan fingerprint density at radius 2 is 1.43 bits per heavy atom. The number of sulfonamides is 1. The Kier molecular flexibility index (Phi) is 6.88. The number of carbonyl (C=O) groups is 1. The third kappa shape index (κ3) is 5.91. The molecule has 0 atom stereocenters. The molecule has 4 aromatic rings. The molecule has 0 fully saturated rings. The number of fused-ring (bicyclic) bond motifs is 1. The molecule has 13 heteroatoms. The van der Waals surface area contributed by atoms with Crippen LogP contribution in [0.2, 0.25) is 0 Å². The number of benzene rings is 4. The smallest absolute Gasteiger partial charge is 0.277 e. The molecule has 0 aliphatic rings. The van der Waals surface area contributed by atoms with Gasteiger partial charge in [-0.1, -0.05) is 42.5 Å². The second-order valence-electron chi connectivity index (χ2n) is 7.69. The maximum absolute atomic E-state index is 12.6. The second kappa shape index (κ2) is 10.2. The van der Waals surface area contributed by atoms with E-state index in [-0.39, 0.29) is 10.5 Å². The van der Waals surface area contributed by atoms with E-state index in [0.717, 1.165) is 29.0 Å². The van der Waals surface area contributed by atoms with Crippen molar-refractivity contribution in [2.75, 3.05) is 5.32 Å². The van der Waals surface area contributed by atoms with E-state index in [1.165, 1.54) is 24.4 Å². The number of nitro groups is 2. The Labute approximate surface area is 209 Å². The van der Waals surface area contributed by atoms with Gasteiger partial charge in [-0.2, -0.15) is 13.5 Å². The van der Waals surface area contributed by atoms with Gasteiger partial charge in [0.25, 0.3) is 27.3 Å². The molecule has 0 heterocycles. The number of amides is 1. The van der Waals surface area contributed by atoms with E-state index in [1.807, 2.05) is 18.2 Å². The fourth-order valence-corrected chi connectivity index (χ4v) is 4.18. The van der Waals surface area contributed by atoms with E-state index in [0.29, 0.717) is 11.3 Å². The molecule has 4 rings (SSSR count). The minimum Gasteiger partial charge on any atom is -0.322 e. The van der Waals surface area contributed by atoms with E-state index in [1.54, 1.807) is 30.3 Å². The van der Waals surface area contributed by atoms with E-state index >= 15 is 0 Å². The molecular weight excluding hydrogens is 502 g/mol. The summed E-state index contributed by atoms with van der Waals surface area (Å²) in [4.78, 5) is 35.1.